The van der Waals surface area contributed by atoms with Crippen molar-refractivity contribution in [1.29, 1.82) is 0 Å². The van der Waals surface area contributed by atoms with Gasteiger partial charge >= 0.3 is 0 Å². The van der Waals surface area contributed by atoms with E-state index in [1.807, 2.05) is 31.2 Å². The van der Waals surface area contributed by atoms with Gasteiger partial charge < -0.3 is 15.4 Å². The number of carbonyl (C=O) groups excluding carboxylic acids is 1. The molecule has 0 bridgehead atoms. The van der Waals surface area contributed by atoms with Gasteiger partial charge in [0.15, 0.2) is 0 Å². The third-order valence-electron chi connectivity index (χ3n) is 2.50. The minimum absolute atomic E-state index is 0. The van der Waals surface area contributed by atoms with Crippen molar-refractivity contribution in [2.75, 3.05) is 26.7 Å². The minimum Gasteiger partial charge on any atom is -0.492 e. The molecule has 0 saturated carbocycles. The molecule has 0 atom stereocenters. The van der Waals surface area contributed by atoms with Crippen molar-refractivity contribution in [2.45, 2.75) is 13.3 Å². The van der Waals surface area contributed by atoms with Gasteiger partial charge in [0.1, 0.15) is 12.4 Å². The van der Waals surface area contributed by atoms with E-state index in [0.29, 0.717) is 26.1 Å². The quantitative estimate of drug-likeness (QED) is 0.856. The van der Waals surface area contributed by atoms with Crippen LogP contribution in [0.4, 0.5) is 0 Å². The molecule has 0 aliphatic rings. The van der Waals surface area contributed by atoms with Gasteiger partial charge in [-0.25, -0.2) is 0 Å². The first kappa shape index (κ1) is 16.7. The number of amides is 1. The highest BCUT2D eigenvalue weighted by Gasteiger charge is 2.06. The number of hydrogen-bond donors (Lipinski definition) is 1. The summed E-state index contributed by atoms with van der Waals surface area (Å²) in [5.41, 5.74) is 6.52. The fraction of sp³-hybridized carbons (Fsp3) is 0.462. The summed E-state index contributed by atoms with van der Waals surface area (Å²) in [7, 11) is 1.76. The van der Waals surface area contributed by atoms with Crippen molar-refractivity contribution in [3.8, 4) is 5.75 Å². The highest BCUT2D eigenvalue weighted by Crippen LogP contribution is 2.11. The summed E-state index contributed by atoms with van der Waals surface area (Å²) < 4.78 is 5.53. The van der Waals surface area contributed by atoms with E-state index in [2.05, 4.69) is 0 Å². The van der Waals surface area contributed by atoms with Crippen LogP contribution in [0.5, 0.6) is 5.75 Å². The molecule has 0 saturated heterocycles. The number of halogens is 1. The van der Waals surface area contributed by atoms with E-state index < -0.39 is 0 Å². The Kier molecular flexibility index (Phi) is 8.16. The monoisotopic (exact) mass is 272 g/mol. The van der Waals surface area contributed by atoms with Gasteiger partial charge in [0.2, 0.25) is 5.91 Å². The van der Waals surface area contributed by atoms with Crippen LogP contribution < -0.4 is 10.5 Å². The van der Waals surface area contributed by atoms with Gasteiger partial charge in [-0.2, -0.15) is 0 Å². The van der Waals surface area contributed by atoms with Crippen molar-refractivity contribution < 1.29 is 9.53 Å². The summed E-state index contributed by atoms with van der Waals surface area (Å²) >= 11 is 0. The van der Waals surface area contributed by atoms with E-state index in [9.17, 15) is 4.79 Å². The number of carbonyl (C=O) groups is 1. The summed E-state index contributed by atoms with van der Waals surface area (Å²) in [6.45, 7) is 3.49. The Morgan fingerprint density at radius 3 is 2.50 bits per heavy atom. The zero-order valence-electron chi connectivity index (χ0n) is 10.9. The van der Waals surface area contributed by atoms with Crippen molar-refractivity contribution in [2.24, 2.45) is 5.73 Å². The molecule has 1 amide bonds. The first-order chi connectivity index (χ1) is 8.13. The second kappa shape index (κ2) is 8.78. The van der Waals surface area contributed by atoms with Gasteiger partial charge in [0, 0.05) is 20.0 Å². The number of likely N-dealkylation sites (N-methyl/N-ethyl adjacent to an activating group) is 1. The Morgan fingerprint density at radius 1 is 1.33 bits per heavy atom. The number of rotatable bonds is 6. The number of aryl methyl sites for hydroxylation is 1. The van der Waals surface area contributed by atoms with Crippen LogP contribution in [0.2, 0.25) is 0 Å². The molecule has 0 heterocycles. The lowest BCUT2D eigenvalue weighted by molar-refractivity contribution is -0.130. The Labute approximate surface area is 115 Å². The smallest absolute Gasteiger partial charge is 0.223 e. The lowest BCUT2D eigenvalue weighted by Gasteiger charge is -2.17. The summed E-state index contributed by atoms with van der Waals surface area (Å²) in [6, 6.07) is 7.85. The van der Waals surface area contributed by atoms with Gasteiger partial charge in [0.05, 0.1) is 6.54 Å². The van der Waals surface area contributed by atoms with Gasteiger partial charge in [-0.1, -0.05) is 17.7 Å². The molecule has 0 unspecified atom stereocenters. The van der Waals surface area contributed by atoms with Crippen molar-refractivity contribution in [3.05, 3.63) is 29.8 Å². The first-order valence-electron chi connectivity index (χ1n) is 5.77. The highest BCUT2D eigenvalue weighted by molar-refractivity contribution is 5.85. The molecular formula is C13H21ClN2O2. The maximum atomic E-state index is 11.4. The van der Waals surface area contributed by atoms with Gasteiger partial charge in [-0.15, -0.1) is 12.4 Å². The molecular weight excluding hydrogens is 252 g/mol. The van der Waals surface area contributed by atoms with Gasteiger partial charge in [0.25, 0.3) is 0 Å². The van der Waals surface area contributed by atoms with Crippen LogP contribution in [0.1, 0.15) is 12.0 Å². The number of nitrogens with two attached hydrogens (primary N) is 1. The lowest BCUT2D eigenvalue weighted by Crippen LogP contribution is -2.32. The Morgan fingerprint density at radius 2 is 1.94 bits per heavy atom. The van der Waals surface area contributed by atoms with Crippen LogP contribution in [0.15, 0.2) is 24.3 Å². The van der Waals surface area contributed by atoms with Crippen molar-refractivity contribution >= 4 is 18.3 Å². The molecule has 18 heavy (non-hydrogen) atoms. The fourth-order valence-electron chi connectivity index (χ4n) is 1.37. The van der Waals surface area contributed by atoms with E-state index in [4.69, 9.17) is 10.5 Å². The predicted octanol–water partition coefficient (Wildman–Crippen LogP) is 1.60. The number of nitrogens with zero attached hydrogens (tertiary/aromatic N) is 1. The van der Waals surface area contributed by atoms with E-state index in [0.717, 1.165) is 5.75 Å². The molecule has 4 nitrogen and oxygen atoms in total. The SMILES string of the molecule is Cc1ccc(OCCN(C)C(=O)CCN)cc1.Cl. The number of benzene rings is 1. The van der Waals surface area contributed by atoms with Crippen LogP contribution in [-0.2, 0) is 4.79 Å². The third-order valence-corrected chi connectivity index (χ3v) is 2.50. The average molecular weight is 273 g/mol. The fourth-order valence-corrected chi connectivity index (χ4v) is 1.37. The molecule has 1 aromatic carbocycles. The molecule has 2 N–H and O–H groups in total. The van der Waals surface area contributed by atoms with Gasteiger partial charge in [-0.05, 0) is 19.1 Å². The van der Waals surface area contributed by atoms with Crippen LogP contribution in [-0.4, -0.2) is 37.6 Å². The Bertz CT molecular complexity index is 355. The van der Waals surface area contributed by atoms with E-state index >= 15 is 0 Å². The molecule has 0 spiro atoms. The Hall–Kier alpha value is -1.26. The Balaban J connectivity index is 0.00000289. The zero-order chi connectivity index (χ0) is 12.7. The zero-order valence-corrected chi connectivity index (χ0v) is 11.7. The molecule has 0 aliphatic carbocycles. The topological polar surface area (TPSA) is 55.6 Å². The number of hydrogen-bond acceptors (Lipinski definition) is 3. The summed E-state index contributed by atoms with van der Waals surface area (Å²) in [5, 5.41) is 0. The van der Waals surface area contributed by atoms with Crippen LogP contribution in [0, 0.1) is 6.92 Å². The molecule has 5 heteroatoms. The van der Waals surface area contributed by atoms with Crippen molar-refractivity contribution in [3.63, 3.8) is 0 Å². The standard InChI is InChI=1S/C13H20N2O2.ClH/c1-11-3-5-12(6-4-11)17-10-9-15(2)13(16)7-8-14;/h3-6H,7-10,14H2,1-2H3;1H. The summed E-state index contributed by atoms with van der Waals surface area (Å²) in [5.74, 6) is 0.885. The molecule has 0 aliphatic heterocycles. The third kappa shape index (κ3) is 5.89. The normalized spacial score (nSPS) is 9.50. The molecule has 0 radical (unpaired) electrons. The van der Waals surface area contributed by atoms with E-state index in [1.165, 1.54) is 5.56 Å². The predicted molar refractivity (Wildman–Crippen MR) is 75.2 cm³/mol. The first-order valence-corrected chi connectivity index (χ1v) is 5.77. The number of ether oxygens (including phenoxy) is 1. The van der Waals surface area contributed by atoms with Crippen LogP contribution in [0.25, 0.3) is 0 Å². The van der Waals surface area contributed by atoms with Crippen molar-refractivity contribution in [1.82, 2.24) is 4.90 Å². The average Bonchev–Trinajstić information content (AvgIpc) is 2.32. The lowest BCUT2D eigenvalue weighted by atomic mass is 10.2. The van der Waals surface area contributed by atoms with E-state index in [1.54, 1.807) is 11.9 Å². The molecule has 0 fully saturated rings. The molecule has 0 aromatic heterocycles. The summed E-state index contributed by atoms with van der Waals surface area (Å²) in [4.78, 5) is 13.1. The maximum absolute atomic E-state index is 11.4. The summed E-state index contributed by atoms with van der Waals surface area (Å²) in [6.07, 6.45) is 0.390. The van der Waals surface area contributed by atoms with Crippen LogP contribution in [0.3, 0.4) is 0 Å². The highest BCUT2D eigenvalue weighted by atomic mass is 35.5. The second-order valence-electron chi connectivity index (χ2n) is 4.02. The maximum Gasteiger partial charge on any atom is 0.223 e. The minimum atomic E-state index is 0. The molecule has 1 rings (SSSR count). The molecule has 1 aromatic rings. The van der Waals surface area contributed by atoms with E-state index in [-0.39, 0.29) is 18.3 Å². The molecule has 102 valence electrons. The largest absolute Gasteiger partial charge is 0.492 e. The van der Waals surface area contributed by atoms with Crippen LogP contribution >= 0.6 is 12.4 Å². The second-order valence-corrected chi connectivity index (χ2v) is 4.02. The van der Waals surface area contributed by atoms with Gasteiger partial charge in [-0.3, -0.25) is 4.79 Å².